The number of amides is 1. The zero-order valence-corrected chi connectivity index (χ0v) is 13.0. The van der Waals surface area contributed by atoms with Crippen LogP contribution in [0.1, 0.15) is 43.5 Å². The molecule has 0 aromatic heterocycles. The first-order valence-electron chi connectivity index (χ1n) is 6.90. The van der Waals surface area contributed by atoms with Crippen LogP contribution in [0, 0.1) is 0 Å². The molecule has 0 aliphatic carbocycles. The van der Waals surface area contributed by atoms with Crippen molar-refractivity contribution < 1.29 is 9.53 Å². The molecule has 114 valence electrons. The van der Waals surface area contributed by atoms with Crippen LogP contribution >= 0.6 is 12.4 Å². The summed E-state index contributed by atoms with van der Waals surface area (Å²) in [6, 6.07) is 7.33. The predicted octanol–water partition coefficient (Wildman–Crippen LogP) is 2.75. The zero-order chi connectivity index (χ0) is 14.1. The molecule has 0 aliphatic rings. The highest BCUT2D eigenvalue weighted by Gasteiger charge is 2.05. The van der Waals surface area contributed by atoms with Gasteiger partial charge in [-0.3, -0.25) is 4.79 Å². The van der Waals surface area contributed by atoms with Gasteiger partial charge in [-0.05, 0) is 44.0 Å². The predicted molar refractivity (Wildman–Crippen MR) is 84.7 cm³/mol. The average Bonchev–Trinajstić information content (AvgIpc) is 2.39. The van der Waals surface area contributed by atoms with Crippen LogP contribution in [0.3, 0.4) is 0 Å². The molecule has 1 rings (SSSR count). The summed E-state index contributed by atoms with van der Waals surface area (Å²) in [5.41, 5.74) is 6.27. The Morgan fingerprint density at radius 1 is 1.35 bits per heavy atom. The molecule has 1 aromatic carbocycles. The van der Waals surface area contributed by atoms with E-state index in [-0.39, 0.29) is 24.4 Å². The van der Waals surface area contributed by atoms with Crippen LogP contribution < -0.4 is 15.8 Å². The van der Waals surface area contributed by atoms with Crippen molar-refractivity contribution in [2.75, 3.05) is 13.2 Å². The number of nitrogens with two attached hydrogens (primary N) is 1. The Morgan fingerprint density at radius 3 is 2.55 bits per heavy atom. The maximum atomic E-state index is 11.8. The largest absolute Gasteiger partial charge is 0.494 e. The van der Waals surface area contributed by atoms with Gasteiger partial charge in [-0.1, -0.05) is 13.3 Å². The fourth-order valence-corrected chi connectivity index (χ4v) is 1.55. The number of unbranched alkanes of at least 4 members (excludes halogenated alkanes) is 1. The van der Waals surface area contributed by atoms with Crippen LogP contribution in [-0.4, -0.2) is 25.1 Å². The van der Waals surface area contributed by atoms with Crippen molar-refractivity contribution in [1.82, 2.24) is 5.32 Å². The third-order valence-corrected chi connectivity index (χ3v) is 2.77. The number of halogens is 1. The first kappa shape index (κ1) is 18.7. The lowest BCUT2D eigenvalue weighted by Gasteiger charge is -2.08. The van der Waals surface area contributed by atoms with E-state index in [0.717, 1.165) is 31.6 Å². The van der Waals surface area contributed by atoms with Crippen molar-refractivity contribution in [3.8, 4) is 5.75 Å². The number of carbonyl (C=O) groups excluding carboxylic acids is 1. The van der Waals surface area contributed by atoms with Gasteiger partial charge in [0.05, 0.1) is 6.61 Å². The Morgan fingerprint density at radius 2 is 2.00 bits per heavy atom. The first-order valence-corrected chi connectivity index (χ1v) is 6.90. The smallest absolute Gasteiger partial charge is 0.251 e. The summed E-state index contributed by atoms with van der Waals surface area (Å²) in [5.74, 6) is 0.737. The summed E-state index contributed by atoms with van der Waals surface area (Å²) >= 11 is 0. The molecule has 0 spiro atoms. The van der Waals surface area contributed by atoms with Gasteiger partial charge in [-0.25, -0.2) is 0 Å². The second-order valence-corrected chi connectivity index (χ2v) is 4.75. The van der Waals surface area contributed by atoms with E-state index in [9.17, 15) is 4.79 Å². The number of carbonyl (C=O) groups is 1. The van der Waals surface area contributed by atoms with E-state index >= 15 is 0 Å². The van der Waals surface area contributed by atoms with Crippen LogP contribution in [0.2, 0.25) is 0 Å². The van der Waals surface area contributed by atoms with Crippen LogP contribution in [0.15, 0.2) is 24.3 Å². The van der Waals surface area contributed by atoms with Crippen molar-refractivity contribution in [3.05, 3.63) is 29.8 Å². The molecule has 0 radical (unpaired) electrons. The van der Waals surface area contributed by atoms with Gasteiger partial charge < -0.3 is 15.8 Å². The minimum Gasteiger partial charge on any atom is -0.494 e. The Hall–Kier alpha value is -1.26. The third kappa shape index (κ3) is 7.36. The van der Waals surface area contributed by atoms with Crippen molar-refractivity contribution in [1.29, 1.82) is 0 Å². The molecule has 1 unspecified atom stereocenters. The van der Waals surface area contributed by atoms with E-state index in [1.54, 1.807) is 12.1 Å². The van der Waals surface area contributed by atoms with Crippen LogP contribution in [0.25, 0.3) is 0 Å². The molecule has 20 heavy (non-hydrogen) atoms. The maximum Gasteiger partial charge on any atom is 0.251 e. The highest BCUT2D eigenvalue weighted by molar-refractivity contribution is 5.94. The number of hydrogen-bond acceptors (Lipinski definition) is 3. The fourth-order valence-electron chi connectivity index (χ4n) is 1.55. The van der Waals surface area contributed by atoms with Gasteiger partial charge in [0.25, 0.3) is 5.91 Å². The normalized spacial score (nSPS) is 11.3. The maximum absolute atomic E-state index is 11.8. The summed E-state index contributed by atoms with van der Waals surface area (Å²) in [6.45, 7) is 5.37. The van der Waals surface area contributed by atoms with Crippen LogP contribution in [-0.2, 0) is 0 Å². The quantitative estimate of drug-likeness (QED) is 0.726. The van der Waals surface area contributed by atoms with Crippen LogP contribution in [0.4, 0.5) is 0 Å². The van der Waals surface area contributed by atoms with Crippen molar-refractivity contribution in [3.63, 3.8) is 0 Å². The fraction of sp³-hybridized carbons (Fsp3) is 0.533. The molecular formula is C15H25ClN2O2. The van der Waals surface area contributed by atoms with Gasteiger partial charge in [-0.2, -0.15) is 0 Å². The summed E-state index contributed by atoms with van der Waals surface area (Å²) in [5, 5.41) is 2.84. The molecule has 0 heterocycles. The molecule has 3 N–H and O–H groups in total. The van der Waals surface area contributed by atoms with E-state index in [1.807, 2.05) is 19.1 Å². The first-order chi connectivity index (χ1) is 9.13. The molecule has 0 bridgehead atoms. The molecule has 4 nitrogen and oxygen atoms in total. The molecular weight excluding hydrogens is 276 g/mol. The van der Waals surface area contributed by atoms with Crippen molar-refractivity contribution >= 4 is 18.3 Å². The number of rotatable bonds is 8. The Balaban J connectivity index is 0.00000361. The molecule has 1 atom stereocenters. The lowest BCUT2D eigenvalue weighted by molar-refractivity contribution is 0.0953. The average molecular weight is 301 g/mol. The second kappa shape index (κ2) is 10.5. The van der Waals surface area contributed by atoms with Gasteiger partial charge in [0.15, 0.2) is 0 Å². The Labute approximate surface area is 127 Å². The molecule has 5 heteroatoms. The second-order valence-electron chi connectivity index (χ2n) is 4.75. The monoisotopic (exact) mass is 300 g/mol. The van der Waals surface area contributed by atoms with Gasteiger partial charge in [0.1, 0.15) is 5.75 Å². The number of hydrogen-bond donors (Lipinski definition) is 2. The molecule has 0 fully saturated rings. The van der Waals surface area contributed by atoms with Gasteiger partial charge in [0, 0.05) is 18.2 Å². The van der Waals surface area contributed by atoms with Gasteiger partial charge in [0.2, 0.25) is 0 Å². The summed E-state index contributed by atoms with van der Waals surface area (Å²) in [4.78, 5) is 11.8. The number of benzene rings is 1. The highest BCUT2D eigenvalue weighted by atomic mass is 35.5. The Kier molecular flexibility index (Phi) is 9.86. The SMILES string of the molecule is CCCCOc1ccc(C(=O)NCCC(C)N)cc1.Cl. The minimum atomic E-state index is -0.0687. The van der Waals surface area contributed by atoms with Gasteiger partial charge >= 0.3 is 0 Å². The van der Waals surface area contributed by atoms with Crippen molar-refractivity contribution in [2.24, 2.45) is 5.73 Å². The lowest BCUT2D eigenvalue weighted by Crippen LogP contribution is -2.28. The third-order valence-electron chi connectivity index (χ3n) is 2.77. The van der Waals surface area contributed by atoms with Crippen molar-refractivity contribution in [2.45, 2.75) is 39.2 Å². The van der Waals surface area contributed by atoms with E-state index < -0.39 is 0 Å². The zero-order valence-electron chi connectivity index (χ0n) is 12.2. The highest BCUT2D eigenvalue weighted by Crippen LogP contribution is 2.12. The lowest BCUT2D eigenvalue weighted by atomic mass is 10.2. The topological polar surface area (TPSA) is 64.3 Å². The molecule has 1 amide bonds. The summed E-state index contributed by atoms with van der Waals surface area (Å²) in [6.07, 6.45) is 2.93. The van der Waals surface area contributed by atoms with E-state index in [2.05, 4.69) is 12.2 Å². The number of ether oxygens (including phenoxy) is 1. The summed E-state index contributed by atoms with van der Waals surface area (Å²) < 4.78 is 5.55. The standard InChI is InChI=1S/C15H24N2O2.ClH/c1-3-4-11-19-14-7-5-13(6-8-14)15(18)17-10-9-12(2)16;/h5-8,12H,3-4,9-11,16H2,1-2H3,(H,17,18);1H. The minimum absolute atomic E-state index is 0. The van der Waals surface area contributed by atoms with E-state index in [1.165, 1.54) is 0 Å². The molecule has 0 saturated carbocycles. The Bertz CT molecular complexity index is 380. The molecule has 0 aliphatic heterocycles. The van der Waals surface area contributed by atoms with Gasteiger partial charge in [-0.15, -0.1) is 12.4 Å². The van der Waals surface area contributed by atoms with E-state index in [0.29, 0.717) is 12.1 Å². The summed E-state index contributed by atoms with van der Waals surface area (Å²) in [7, 11) is 0. The molecule has 1 aromatic rings. The van der Waals surface area contributed by atoms with Crippen LogP contribution in [0.5, 0.6) is 5.75 Å². The molecule has 0 saturated heterocycles. The van der Waals surface area contributed by atoms with E-state index in [4.69, 9.17) is 10.5 Å². The number of nitrogens with one attached hydrogen (secondary N) is 1.